The monoisotopic (exact) mass is 543 g/mol. The van der Waals surface area contributed by atoms with Crippen molar-refractivity contribution in [2.45, 2.75) is 82.3 Å². The number of rotatable bonds is 11. The van der Waals surface area contributed by atoms with Crippen molar-refractivity contribution in [3.8, 4) is 0 Å². The summed E-state index contributed by atoms with van der Waals surface area (Å²) < 4.78 is 41.9. The molecular weight excluding hydrogens is 505 g/mol. The van der Waals surface area contributed by atoms with E-state index in [-0.39, 0.29) is 47.7 Å². The van der Waals surface area contributed by atoms with Crippen molar-refractivity contribution in [3.05, 3.63) is 65.5 Å². The number of benzene rings is 2. The lowest BCUT2D eigenvalue weighted by Gasteiger charge is -2.39. The molecule has 2 aromatic rings. The normalized spacial score (nSPS) is 16.6. The molecule has 1 aliphatic heterocycles. The molecule has 2 amide bonds. The molecule has 0 N–H and O–H groups in total. The largest absolute Gasteiger partial charge is 0.343 e. The van der Waals surface area contributed by atoms with Gasteiger partial charge in [0.1, 0.15) is 5.82 Å². The van der Waals surface area contributed by atoms with Crippen LogP contribution in [-0.4, -0.2) is 66.1 Å². The third kappa shape index (κ3) is 6.99. The van der Waals surface area contributed by atoms with Gasteiger partial charge in [0.05, 0.1) is 11.4 Å². The standard InChI is InChI=1S/C29H38FN3O4S/c1-3-4-5-28(34)31-18-16-25(17-19-31)32(20-23-8-10-24(30)11-9-23)29(35)21-33(26-12-13-26)38(36,37)27-14-6-22(2)7-15-27/h6-11,14-15,25-26H,3-5,12-13,16-21H2,1-2H3. The SMILES string of the molecule is CCCCC(=O)N1CCC(N(Cc2ccc(F)cc2)C(=O)CN(C2CC2)S(=O)(=O)c2ccc(C)cc2)CC1. The summed E-state index contributed by atoms with van der Waals surface area (Å²) in [5.74, 6) is -0.479. The second-order valence-corrected chi connectivity index (χ2v) is 12.3. The fourth-order valence-electron chi connectivity index (χ4n) is 4.96. The number of aryl methyl sites for hydroxylation is 1. The molecule has 1 aliphatic carbocycles. The summed E-state index contributed by atoms with van der Waals surface area (Å²) in [6, 6.07) is 12.4. The fourth-order valence-corrected chi connectivity index (χ4v) is 6.60. The summed E-state index contributed by atoms with van der Waals surface area (Å²) in [7, 11) is -3.84. The zero-order chi connectivity index (χ0) is 27.3. The van der Waals surface area contributed by atoms with E-state index < -0.39 is 10.0 Å². The van der Waals surface area contributed by atoms with Crippen LogP contribution in [0.1, 0.15) is 63.0 Å². The summed E-state index contributed by atoms with van der Waals surface area (Å²) in [5, 5.41) is 0. The van der Waals surface area contributed by atoms with Gasteiger partial charge in [-0.3, -0.25) is 9.59 Å². The van der Waals surface area contributed by atoms with Crippen molar-refractivity contribution in [3.63, 3.8) is 0 Å². The number of carbonyl (C=O) groups excluding carboxylic acids is 2. The van der Waals surface area contributed by atoms with Crippen LogP contribution in [0.25, 0.3) is 0 Å². The summed E-state index contributed by atoms with van der Waals surface area (Å²) in [5.41, 5.74) is 1.74. The van der Waals surface area contributed by atoms with E-state index in [1.54, 1.807) is 41.3 Å². The second kappa shape index (κ2) is 12.4. The first kappa shape index (κ1) is 28.2. The van der Waals surface area contributed by atoms with Crippen LogP contribution in [0.4, 0.5) is 4.39 Å². The Morgan fingerprint density at radius 2 is 1.58 bits per heavy atom. The van der Waals surface area contributed by atoms with Gasteiger partial charge in [0, 0.05) is 38.1 Å². The molecule has 0 aromatic heterocycles. The van der Waals surface area contributed by atoms with E-state index >= 15 is 0 Å². The van der Waals surface area contributed by atoms with E-state index in [0.29, 0.717) is 32.4 Å². The number of hydrogen-bond acceptors (Lipinski definition) is 4. The van der Waals surface area contributed by atoms with Gasteiger partial charge in [-0.05, 0) is 68.9 Å². The number of sulfonamides is 1. The molecule has 1 saturated carbocycles. The molecule has 0 radical (unpaired) electrons. The Labute approximate surface area is 225 Å². The van der Waals surface area contributed by atoms with Crippen LogP contribution in [0, 0.1) is 12.7 Å². The number of likely N-dealkylation sites (tertiary alicyclic amines) is 1. The van der Waals surface area contributed by atoms with Crippen molar-refractivity contribution >= 4 is 21.8 Å². The van der Waals surface area contributed by atoms with Gasteiger partial charge >= 0.3 is 0 Å². The minimum atomic E-state index is -3.84. The quantitative estimate of drug-likeness (QED) is 0.418. The molecule has 2 aliphatic rings. The van der Waals surface area contributed by atoms with Crippen LogP contribution in [0.15, 0.2) is 53.4 Å². The fraction of sp³-hybridized carbons (Fsp3) is 0.517. The Hall–Kier alpha value is -2.78. The summed E-state index contributed by atoms with van der Waals surface area (Å²) >= 11 is 0. The van der Waals surface area contributed by atoms with Crippen LogP contribution >= 0.6 is 0 Å². The van der Waals surface area contributed by atoms with Gasteiger partial charge in [0.2, 0.25) is 21.8 Å². The Balaban J connectivity index is 1.52. The molecule has 7 nitrogen and oxygen atoms in total. The molecule has 206 valence electrons. The maximum Gasteiger partial charge on any atom is 0.243 e. The lowest BCUT2D eigenvalue weighted by Crippen LogP contribution is -2.51. The minimum Gasteiger partial charge on any atom is -0.343 e. The number of halogens is 1. The topological polar surface area (TPSA) is 78.0 Å². The zero-order valence-electron chi connectivity index (χ0n) is 22.3. The van der Waals surface area contributed by atoms with Gasteiger partial charge in [-0.25, -0.2) is 12.8 Å². The van der Waals surface area contributed by atoms with Gasteiger partial charge in [-0.1, -0.05) is 43.2 Å². The third-order valence-corrected chi connectivity index (χ3v) is 9.37. The Morgan fingerprint density at radius 3 is 2.16 bits per heavy atom. The van der Waals surface area contributed by atoms with Gasteiger partial charge in [0.25, 0.3) is 0 Å². The molecule has 0 unspecified atom stereocenters. The predicted molar refractivity (Wildman–Crippen MR) is 144 cm³/mol. The van der Waals surface area contributed by atoms with E-state index in [4.69, 9.17) is 0 Å². The lowest BCUT2D eigenvalue weighted by atomic mass is 10.0. The molecule has 4 rings (SSSR count). The molecule has 2 aromatic carbocycles. The first-order valence-corrected chi connectivity index (χ1v) is 15.0. The first-order valence-electron chi connectivity index (χ1n) is 13.6. The van der Waals surface area contributed by atoms with Crippen molar-refractivity contribution in [2.24, 2.45) is 0 Å². The Bertz CT molecular complexity index is 1210. The van der Waals surface area contributed by atoms with Crippen molar-refractivity contribution in [2.75, 3.05) is 19.6 Å². The van der Waals surface area contributed by atoms with E-state index in [1.165, 1.54) is 16.4 Å². The van der Waals surface area contributed by atoms with Crippen LogP contribution in [0.5, 0.6) is 0 Å². The zero-order valence-corrected chi connectivity index (χ0v) is 23.1. The number of unbranched alkanes of at least 4 members (excludes halogenated alkanes) is 1. The number of piperidine rings is 1. The highest BCUT2D eigenvalue weighted by Crippen LogP contribution is 2.32. The number of amides is 2. The summed E-state index contributed by atoms with van der Waals surface area (Å²) in [6.07, 6.45) is 5.07. The molecule has 0 atom stereocenters. The Kier molecular flexibility index (Phi) is 9.20. The molecule has 9 heteroatoms. The maximum atomic E-state index is 13.8. The molecule has 38 heavy (non-hydrogen) atoms. The van der Waals surface area contributed by atoms with Crippen LogP contribution in [0.3, 0.4) is 0 Å². The number of hydrogen-bond donors (Lipinski definition) is 0. The highest BCUT2D eigenvalue weighted by molar-refractivity contribution is 7.89. The van der Waals surface area contributed by atoms with Crippen molar-refractivity contribution in [1.82, 2.24) is 14.1 Å². The van der Waals surface area contributed by atoms with E-state index in [1.807, 2.05) is 11.8 Å². The van der Waals surface area contributed by atoms with Crippen LogP contribution in [-0.2, 0) is 26.2 Å². The molecule has 1 saturated heterocycles. The van der Waals surface area contributed by atoms with Crippen molar-refractivity contribution in [1.29, 1.82) is 0 Å². The van der Waals surface area contributed by atoms with Gasteiger partial charge in [0.15, 0.2) is 0 Å². The van der Waals surface area contributed by atoms with E-state index in [0.717, 1.165) is 36.8 Å². The molecular formula is C29H38FN3O4S. The van der Waals surface area contributed by atoms with Gasteiger partial charge in [-0.2, -0.15) is 4.31 Å². The predicted octanol–water partition coefficient (Wildman–Crippen LogP) is 4.50. The molecule has 1 heterocycles. The maximum absolute atomic E-state index is 13.8. The van der Waals surface area contributed by atoms with Gasteiger partial charge in [-0.15, -0.1) is 0 Å². The lowest BCUT2D eigenvalue weighted by molar-refractivity contribution is -0.137. The first-order chi connectivity index (χ1) is 18.2. The smallest absolute Gasteiger partial charge is 0.243 e. The summed E-state index contributed by atoms with van der Waals surface area (Å²) in [4.78, 5) is 30.1. The average Bonchev–Trinajstić information content (AvgIpc) is 3.75. The Morgan fingerprint density at radius 1 is 0.947 bits per heavy atom. The van der Waals surface area contributed by atoms with Crippen LogP contribution in [0.2, 0.25) is 0 Å². The van der Waals surface area contributed by atoms with Gasteiger partial charge < -0.3 is 9.80 Å². The number of carbonyl (C=O) groups is 2. The highest BCUT2D eigenvalue weighted by Gasteiger charge is 2.41. The number of nitrogens with zero attached hydrogens (tertiary/aromatic N) is 3. The summed E-state index contributed by atoms with van der Waals surface area (Å²) in [6.45, 7) is 5.11. The van der Waals surface area contributed by atoms with Crippen molar-refractivity contribution < 1.29 is 22.4 Å². The average molecular weight is 544 g/mol. The van der Waals surface area contributed by atoms with E-state index in [2.05, 4.69) is 6.92 Å². The second-order valence-electron chi connectivity index (χ2n) is 10.5. The highest BCUT2D eigenvalue weighted by atomic mass is 32.2. The molecule has 2 fully saturated rings. The van der Waals surface area contributed by atoms with Crippen LogP contribution < -0.4 is 0 Å². The molecule has 0 bridgehead atoms. The van der Waals surface area contributed by atoms with E-state index in [9.17, 15) is 22.4 Å². The minimum absolute atomic E-state index is 0.133. The molecule has 0 spiro atoms. The third-order valence-electron chi connectivity index (χ3n) is 7.46.